The van der Waals surface area contributed by atoms with Crippen molar-refractivity contribution in [1.29, 1.82) is 0 Å². The highest BCUT2D eigenvalue weighted by Crippen LogP contribution is 2.41. The van der Waals surface area contributed by atoms with Gasteiger partial charge in [-0.05, 0) is 36.8 Å². The summed E-state index contributed by atoms with van der Waals surface area (Å²) in [7, 11) is -2.00. The van der Waals surface area contributed by atoms with Crippen LogP contribution in [0.1, 0.15) is 35.8 Å². The summed E-state index contributed by atoms with van der Waals surface area (Å²) >= 11 is 0. The average Bonchev–Trinajstić information content (AvgIpc) is 2.57. The molecule has 0 saturated carbocycles. The first-order valence-electron chi connectivity index (χ1n) is 8.57. The summed E-state index contributed by atoms with van der Waals surface area (Å²) in [6.45, 7) is 7.79. The average molecular weight is 382 g/mol. The summed E-state index contributed by atoms with van der Waals surface area (Å²) in [6, 6.07) is 14.5. The lowest BCUT2D eigenvalue weighted by Crippen LogP contribution is -2.33. The van der Waals surface area contributed by atoms with Crippen LogP contribution in [0.2, 0.25) is 19.6 Å². The zero-order chi connectivity index (χ0) is 19.5. The number of benzene rings is 2. The number of alkyl halides is 3. The lowest BCUT2D eigenvalue weighted by atomic mass is 9.87. The molecule has 0 aliphatic carbocycles. The maximum atomic E-state index is 13.3. The maximum absolute atomic E-state index is 13.3. The van der Waals surface area contributed by atoms with Crippen LogP contribution in [0.4, 0.5) is 13.2 Å². The van der Waals surface area contributed by atoms with Crippen LogP contribution in [0.15, 0.2) is 54.6 Å². The van der Waals surface area contributed by atoms with E-state index in [1.807, 2.05) is 50.0 Å². The molecule has 1 N–H and O–H groups in total. The molecule has 0 fully saturated rings. The predicted octanol–water partition coefficient (Wildman–Crippen LogP) is 5.97. The SMILES string of the molecule is C[C@H](C(O[Si](C)(C)C)c1ccccc1)[C@@H](O)c1ccccc1C(F)(F)F. The van der Waals surface area contributed by atoms with Gasteiger partial charge in [0.25, 0.3) is 0 Å². The number of aliphatic hydroxyl groups is 1. The second-order valence-electron chi connectivity index (χ2n) is 7.45. The Morgan fingerprint density at radius 2 is 1.46 bits per heavy atom. The van der Waals surface area contributed by atoms with Gasteiger partial charge in [0, 0.05) is 5.92 Å². The fourth-order valence-corrected chi connectivity index (χ4v) is 4.08. The van der Waals surface area contributed by atoms with Crippen LogP contribution in [-0.2, 0) is 10.6 Å². The summed E-state index contributed by atoms with van der Waals surface area (Å²) in [5, 5.41) is 10.8. The van der Waals surface area contributed by atoms with E-state index >= 15 is 0 Å². The van der Waals surface area contributed by atoms with Gasteiger partial charge in [0.1, 0.15) is 0 Å². The number of aliphatic hydroxyl groups excluding tert-OH is 1. The molecule has 2 nitrogen and oxygen atoms in total. The van der Waals surface area contributed by atoms with Gasteiger partial charge in [-0.15, -0.1) is 0 Å². The van der Waals surface area contributed by atoms with Crippen molar-refractivity contribution in [3.05, 3.63) is 71.3 Å². The van der Waals surface area contributed by atoms with Crippen LogP contribution >= 0.6 is 0 Å². The van der Waals surface area contributed by atoms with Gasteiger partial charge in [0.15, 0.2) is 8.32 Å². The Morgan fingerprint density at radius 1 is 0.923 bits per heavy atom. The molecule has 2 aromatic rings. The van der Waals surface area contributed by atoms with Crippen molar-refractivity contribution in [3.8, 4) is 0 Å². The largest absolute Gasteiger partial charge is 0.416 e. The zero-order valence-electron chi connectivity index (χ0n) is 15.4. The van der Waals surface area contributed by atoms with Gasteiger partial charge in [-0.2, -0.15) is 13.2 Å². The van der Waals surface area contributed by atoms with Crippen LogP contribution in [0.5, 0.6) is 0 Å². The molecule has 0 bridgehead atoms. The predicted molar refractivity (Wildman–Crippen MR) is 99.2 cm³/mol. The molecule has 2 aromatic carbocycles. The Labute approximate surface area is 153 Å². The highest BCUT2D eigenvalue weighted by atomic mass is 28.4. The molecule has 1 unspecified atom stereocenters. The number of hydrogen-bond donors (Lipinski definition) is 1. The molecule has 0 aliphatic heterocycles. The Kier molecular flexibility index (Phi) is 6.32. The molecule has 0 saturated heterocycles. The molecular weight excluding hydrogens is 357 g/mol. The van der Waals surface area contributed by atoms with Gasteiger partial charge < -0.3 is 9.53 Å². The van der Waals surface area contributed by atoms with Gasteiger partial charge in [0.05, 0.1) is 17.8 Å². The fraction of sp³-hybridized carbons (Fsp3) is 0.400. The summed E-state index contributed by atoms with van der Waals surface area (Å²) in [5.41, 5.74) is -0.0715. The standard InChI is InChI=1S/C20H25F3O2Si/c1-14(18(24)16-12-8-9-13-17(16)20(21,22)23)19(25-26(2,3)4)15-10-6-5-7-11-15/h5-14,18-19,24H,1-4H3/t14-,18+,19?/m0/s1. The normalized spacial score (nSPS) is 16.2. The van der Waals surface area contributed by atoms with Crippen LogP contribution < -0.4 is 0 Å². The molecule has 3 atom stereocenters. The van der Waals surface area contributed by atoms with Crippen molar-refractivity contribution in [2.75, 3.05) is 0 Å². The third kappa shape index (κ3) is 5.19. The maximum Gasteiger partial charge on any atom is 0.416 e. The first-order valence-corrected chi connectivity index (χ1v) is 12.0. The summed E-state index contributed by atoms with van der Waals surface area (Å²) in [4.78, 5) is 0. The van der Waals surface area contributed by atoms with Gasteiger partial charge in [-0.3, -0.25) is 0 Å². The van der Waals surface area contributed by atoms with Crippen molar-refractivity contribution in [3.63, 3.8) is 0 Å². The molecule has 0 amide bonds. The van der Waals surface area contributed by atoms with Crippen molar-refractivity contribution in [1.82, 2.24) is 0 Å². The smallest absolute Gasteiger partial charge is 0.410 e. The van der Waals surface area contributed by atoms with Crippen molar-refractivity contribution >= 4 is 8.32 Å². The number of rotatable bonds is 6. The molecule has 6 heteroatoms. The summed E-state index contributed by atoms with van der Waals surface area (Å²) in [6.07, 6.45) is -6.30. The molecule has 0 radical (unpaired) electrons. The van der Waals surface area contributed by atoms with Crippen LogP contribution in [-0.4, -0.2) is 13.4 Å². The third-order valence-corrected chi connectivity index (χ3v) is 5.13. The minimum Gasteiger partial charge on any atom is -0.410 e. The van der Waals surface area contributed by atoms with Crippen molar-refractivity contribution < 1.29 is 22.7 Å². The van der Waals surface area contributed by atoms with Crippen LogP contribution in [0.25, 0.3) is 0 Å². The molecular formula is C20H25F3O2Si. The van der Waals surface area contributed by atoms with Crippen LogP contribution in [0, 0.1) is 5.92 Å². The van der Waals surface area contributed by atoms with Gasteiger partial charge in [-0.25, -0.2) is 0 Å². The van der Waals surface area contributed by atoms with E-state index in [-0.39, 0.29) is 5.56 Å². The summed E-state index contributed by atoms with van der Waals surface area (Å²) < 4.78 is 46.2. The molecule has 0 spiro atoms. The summed E-state index contributed by atoms with van der Waals surface area (Å²) in [5.74, 6) is -0.548. The Hall–Kier alpha value is -1.63. The fourth-order valence-electron chi connectivity index (χ4n) is 2.96. The van der Waals surface area contributed by atoms with E-state index in [4.69, 9.17) is 4.43 Å². The minimum absolute atomic E-state index is 0.118. The lowest BCUT2D eigenvalue weighted by molar-refractivity contribution is -0.139. The van der Waals surface area contributed by atoms with E-state index in [0.717, 1.165) is 11.6 Å². The zero-order valence-corrected chi connectivity index (χ0v) is 16.4. The van der Waals surface area contributed by atoms with Crippen molar-refractivity contribution in [2.45, 2.75) is 44.9 Å². The number of hydrogen-bond acceptors (Lipinski definition) is 2. The molecule has 2 rings (SSSR count). The van der Waals surface area contributed by atoms with E-state index in [1.54, 1.807) is 6.92 Å². The van der Waals surface area contributed by atoms with E-state index in [0.29, 0.717) is 0 Å². The minimum atomic E-state index is -4.51. The third-order valence-electron chi connectivity index (χ3n) is 4.17. The van der Waals surface area contributed by atoms with Gasteiger partial charge in [0.2, 0.25) is 0 Å². The second-order valence-corrected chi connectivity index (χ2v) is 11.9. The lowest BCUT2D eigenvalue weighted by Gasteiger charge is -2.34. The van der Waals surface area contributed by atoms with E-state index < -0.39 is 38.2 Å². The molecule has 142 valence electrons. The van der Waals surface area contributed by atoms with E-state index in [1.165, 1.54) is 18.2 Å². The molecule has 0 aliphatic rings. The molecule has 0 heterocycles. The topological polar surface area (TPSA) is 29.5 Å². The highest BCUT2D eigenvalue weighted by molar-refractivity contribution is 6.69. The Bertz CT molecular complexity index is 711. The van der Waals surface area contributed by atoms with Gasteiger partial charge >= 0.3 is 6.18 Å². The Balaban J connectivity index is 2.41. The van der Waals surface area contributed by atoms with E-state index in [2.05, 4.69) is 0 Å². The highest BCUT2D eigenvalue weighted by Gasteiger charge is 2.38. The quantitative estimate of drug-likeness (QED) is 0.624. The Morgan fingerprint density at radius 3 is 2.00 bits per heavy atom. The van der Waals surface area contributed by atoms with E-state index in [9.17, 15) is 18.3 Å². The first-order chi connectivity index (χ1) is 12.0. The number of halogens is 3. The second kappa shape index (κ2) is 7.94. The monoisotopic (exact) mass is 382 g/mol. The van der Waals surface area contributed by atoms with Crippen molar-refractivity contribution in [2.24, 2.45) is 5.92 Å². The first kappa shape index (κ1) is 20.7. The van der Waals surface area contributed by atoms with Crippen LogP contribution in [0.3, 0.4) is 0 Å². The molecule has 0 aromatic heterocycles. The van der Waals surface area contributed by atoms with Gasteiger partial charge in [-0.1, -0.05) is 55.5 Å². The molecule has 26 heavy (non-hydrogen) atoms.